The lowest BCUT2D eigenvalue weighted by Crippen LogP contribution is -2.46. The number of hydrogen-bond acceptors (Lipinski definition) is 3. The summed E-state index contributed by atoms with van der Waals surface area (Å²) in [5, 5.41) is 2.93. The van der Waals surface area contributed by atoms with E-state index in [-0.39, 0.29) is 29.6 Å². The number of halogens is 1. The Morgan fingerprint density at radius 3 is 2.52 bits per heavy atom. The van der Waals surface area contributed by atoms with Gasteiger partial charge in [-0.15, -0.1) is 0 Å². The fourth-order valence-corrected chi connectivity index (χ4v) is 3.46. The van der Waals surface area contributed by atoms with Crippen LogP contribution in [0.1, 0.15) is 36.5 Å². The summed E-state index contributed by atoms with van der Waals surface area (Å²) in [5.41, 5.74) is 6.26. The number of nitrogens with one attached hydrogen (secondary N) is 1. The van der Waals surface area contributed by atoms with Gasteiger partial charge in [-0.05, 0) is 49.1 Å². The van der Waals surface area contributed by atoms with Crippen LogP contribution < -0.4 is 11.1 Å². The number of urea groups is 1. The summed E-state index contributed by atoms with van der Waals surface area (Å²) in [7, 11) is 0. The van der Waals surface area contributed by atoms with Crippen LogP contribution in [-0.2, 0) is 4.79 Å². The lowest BCUT2D eigenvalue weighted by atomic mass is 9.93. The second-order valence-electron chi connectivity index (χ2n) is 6.80. The number of carbonyl (C=O) groups is 2. The average Bonchev–Trinajstić information content (AvgIpc) is 3.20. The molecule has 1 fully saturated rings. The zero-order valence-corrected chi connectivity index (χ0v) is 15.1. The fourth-order valence-electron chi connectivity index (χ4n) is 3.46. The molecule has 27 heavy (non-hydrogen) atoms. The van der Waals surface area contributed by atoms with Crippen LogP contribution in [-0.4, -0.2) is 36.5 Å². The van der Waals surface area contributed by atoms with Crippen molar-refractivity contribution in [3.8, 4) is 0 Å². The quantitative estimate of drug-likeness (QED) is 0.816. The van der Waals surface area contributed by atoms with E-state index in [9.17, 15) is 14.0 Å². The summed E-state index contributed by atoms with van der Waals surface area (Å²) in [6.07, 6.45) is 3.44. The summed E-state index contributed by atoms with van der Waals surface area (Å²) in [6.45, 7) is 1.51. The van der Waals surface area contributed by atoms with Crippen molar-refractivity contribution in [2.45, 2.75) is 25.2 Å². The van der Waals surface area contributed by atoms with Gasteiger partial charge < -0.3 is 20.4 Å². The second kappa shape index (κ2) is 8.70. The molecule has 2 heterocycles. The number of rotatable bonds is 6. The largest absolute Gasteiger partial charge is 0.469 e. The highest BCUT2D eigenvalue weighted by atomic mass is 19.1. The molecule has 0 bridgehead atoms. The number of furan rings is 1. The summed E-state index contributed by atoms with van der Waals surface area (Å²) in [4.78, 5) is 25.3. The topological polar surface area (TPSA) is 88.6 Å². The summed E-state index contributed by atoms with van der Waals surface area (Å²) in [6, 6.07) is 9.87. The van der Waals surface area contributed by atoms with E-state index < -0.39 is 0 Å². The molecule has 144 valence electrons. The Bertz CT molecular complexity index is 753. The minimum Gasteiger partial charge on any atom is -0.469 e. The lowest BCUT2D eigenvalue weighted by Gasteiger charge is -2.30. The highest BCUT2D eigenvalue weighted by molar-refractivity contribution is 5.78. The molecule has 6 nitrogen and oxygen atoms in total. The van der Waals surface area contributed by atoms with Crippen LogP contribution in [0.2, 0.25) is 0 Å². The van der Waals surface area contributed by atoms with E-state index in [0.29, 0.717) is 38.9 Å². The fraction of sp³-hybridized carbons (Fsp3) is 0.400. The van der Waals surface area contributed by atoms with E-state index in [4.69, 9.17) is 10.2 Å². The number of benzene rings is 1. The number of primary amides is 1. The maximum absolute atomic E-state index is 13.2. The van der Waals surface area contributed by atoms with E-state index in [1.807, 2.05) is 12.1 Å². The van der Waals surface area contributed by atoms with Gasteiger partial charge in [0.05, 0.1) is 6.26 Å². The van der Waals surface area contributed by atoms with Crippen LogP contribution in [0.5, 0.6) is 0 Å². The van der Waals surface area contributed by atoms with Gasteiger partial charge in [0.2, 0.25) is 5.91 Å². The third kappa shape index (κ3) is 4.87. The third-order valence-electron chi connectivity index (χ3n) is 5.05. The zero-order valence-electron chi connectivity index (χ0n) is 15.1. The van der Waals surface area contributed by atoms with Gasteiger partial charge >= 0.3 is 6.03 Å². The van der Waals surface area contributed by atoms with Gasteiger partial charge in [-0.1, -0.05) is 12.1 Å². The molecule has 7 heteroatoms. The number of hydrogen-bond donors (Lipinski definition) is 2. The average molecular weight is 373 g/mol. The van der Waals surface area contributed by atoms with Gasteiger partial charge in [0, 0.05) is 31.5 Å². The Balaban J connectivity index is 1.54. The van der Waals surface area contributed by atoms with Gasteiger partial charge in [-0.2, -0.15) is 0 Å². The van der Waals surface area contributed by atoms with Crippen molar-refractivity contribution in [2.24, 2.45) is 11.7 Å². The first-order chi connectivity index (χ1) is 13.0. The van der Waals surface area contributed by atoms with E-state index >= 15 is 0 Å². The predicted octanol–water partition coefficient (Wildman–Crippen LogP) is 2.85. The van der Waals surface area contributed by atoms with Crippen molar-refractivity contribution >= 4 is 11.9 Å². The van der Waals surface area contributed by atoms with E-state index in [2.05, 4.69) is 5.32 Å². The molecule has 1 aliphatic rings. The highest BCUT2D eigenvalue weighted by Gasteiger charge is 2.26. The Kier molecular flexibility index (Phi) is 6.11. The lowest BCUT2D eigenvalue weighted by molar-refractivity contribution is -0.123. The summed E-state index contributed by atoms with van der Waals surface area (Å²) < 4.78 is 18.7. The van der Waals surface area contributed by atoms with Crippen molar-refractivity contribution in [3.63, 3.8) is 0 Å². The van der Waals surface area contributed by atoms with Crippen LogP contribution in [0.15, 0.2) is 47.1 Å². The monoisotopic (exact) mass is 373 g/mol. The molecule has 0 spiro atoms. The minimum absolute atomic E-state index is 0.0681. The van der Waals surface area contributed by atoms with Crippen LogP contribution in [0.25, 0.3) is 0 Å². The van der Waals surface area contributed by atoms with Crippen LogP contribution in [0.4, 0.5) is 9.18 Å². The zero-order chi connectivity index (χ0) is 19.2. The first-order valence-corrected chi connectivity index (χ1v) is 9.15. The van der Waals surface area contributed by atoms with Crippen LogP contribution in [0.3, 0.4) is 0 Å². The smallest absolute Gasteiger partial charge is 0.317 e. The van der Waals surface area contributed by atoms with Gasteiger partial charge in [0.1, 0.15) is 11.6 Å². The molecule has 0 aliphatic carbocycles. The van der Waals surface area contributed by atoms with Crippen molar-refractivity contribution < 1.29 is 18.4 Å². The molecule has 1 aromatic carbocycles. The second-order valence-corrected chi connectivity index (χ2v) is 6.80. The number of nitrogens with zero attached hydrogens (tertiary/aromatic N) is 1. The van der Waals surface area contributed by atoms with Crippen LogP contribution in [0, 0.1) is 11.7 Å². The minimum atomic E-state index is -0.296. The molecule has 0 saturated carbocycles. The normalized spacial score (nSPS) is 16.1. The number of carbonyl (C=O) groups excluding carboxylic acids is 2. The molecular formula is C20H24FN3O3. The predicted molar refractivity (Wildman–Crippen MR) is 98.5 cm³/mol. The van der Waals surface area contributed by atoms with E-state index in [0.717, 1.165) is 11.3 Å². The molecule has 1 saturated heterocycles. The molecule has 0 radical (unpaired) electrons. The number of likely N-dealkylation sites (tertiary alicyclic amines) is 1. The van der Waals surface area contributed by atoms with Crippen LogP contribution >= 0.6 is 0 Å². The molecule has 2 aromatic rings. The Labute approximate surface area is 157 Å². The molecule has 3 rings (SSSR count). The SMILES string of the molecule is NC(=O)C1CCN(C(=O)NCC[C@@H](c2ccc(F)cc2)c2ccco2)CC1. The third-order valence-corrected chi connectivity index (χ3v) is 5.05. The standard InChI is InChI=1S/C20H24FN3O3/c21-16-5-3-14(4-6-16)17(18-2-1-13-27-18)7-10-23-20(26)24-11-8-15(9-12-24)19(22)25/h1-6,13,15,17H,7-12H2,(H2,22,25)(H,23,26)/t17-/m0/s1. The van der Waals surface area contributed by atoms with Gasteiger partial charge in [-0.25, -0.2) is 9.18 Å². The summed E-state index contributed by atoms with van der Waals surface area (Å²) >= 11 is 0. The maximum atomic E-state index is 13.2. The maximum Gasteiger partial charge on any atom is 0.317 e. The van der Waals surface area contributed by atoms with Gasteiger partial charge in [0.15, 0.2) is 0 Å². The molecule has 1 aromatic heterocycles. The Morgan fingerprint density at radius 1 is 1.22 bits per heavy atom. The number of amides is 3. The molecular weight excluding hydrogens is 349 g/mol. The molecule has 3 amide bonds. The first-order valence-electron chi connectivity index (χ1n) is 9.15. The molecule has 1 aliphatic heterocycles. The Morgan fingerprint density at radius 2 is 1.93 bits per heavy atom. The molecule has 0 unspecified atom stereocenters. The molecule has 1 atom stereocenters. The van der Waals surface area contributed by atoms with E-state index in [1.54, 1.807) is 23.3 Å². The van der Waals surface area contributed by atoms with Gasteiger partial charge in [0.25, 0.3) is 0 Å². The number of nitrogens with two attached hydrogens (primary N) is 1. The summed E-state index contributed by atoms with van der Waals surface area (Å²) in [5.74, 6) is -0.0178. The van der Waals surface area contributed by atoms with Crippen molar-refractivity contribution in [3.05, 3.63) is 59.8 Å². The van der Waals surface area contributed by atoms with Crippen molar-refractivity contribution in [1.29, 1.82) is 0 Å². The van der Waals surface area contributed by atoms with E-state index in [1.165, 1.54) is 12.1 Å². The molecule has 3 N–H and O–H groups in total. The van der Waals surface area contributed by atoms with Crippen molar-refractivity contribution in [2.75, 3.05) is 19.6 Å². The first kappa shape index (κ1) is 18.9. The Hall–Kier alpha value is -2.83. The van der Waals surface area contributed by atoms with Gasteiger partial charge in [-0.3, -0.25) is 4.79 Å². The highest BCUT2D eigenvalue weighted by Crippen LogP contribution is 2.28. The van der Waals surface area contributed by atoms with Crippen molar-refractivity contribution in [1.82, 2.24) is 10.2 Å². The number of piperidine rings is 1.